The van der Waals surface area contributed by atoms with Crippen molar-refractivity contribution in [1.82, 2.24) is 0 Å². The fourth-order valence-electron chi connectivity index (χ4n) is 1.18. The van der Waals surface area contributed by atoms with Crippen LogP contribution in [0.5, 0.6) is 0 Å². The van der Waals surface area contributed by atoms with Crippen LogP contribution in [0.15, 0.2) is 18.2 Å². The maximum absolute atomic E-state index is 8.86. The smallest absolute Gasteiger partial charge is 0.184 e. The molecule has 0 bridgehead atoms. The van der Waals surface area contributed by atoms with Crippen LogP contribution >= 0.6 is 11.6 Å². The fourth-order valence-corrected chi connectivity index (χ4v) is 1.35. The Labute approximate surface area is 102 Å². The molecule has 0 aliphatic carbocycles. The predicted molar refractivity (Wildman–Crippen MR) is 64.3 cm³/mol. The highest BCUT2D eigenvalue weighted by Crippen LogP contribution is 2.23. The third-order valence-electron chi connectivity index (χ3n) is 1.82. The van der Waals surface area contributed by atoms with Gasteiger partial charge in [0.1, 0.15) is 0 Å². The standard InChI is InChI=1S/C10H10ClNO2.C2H6/c1-13-10(14-2)9-4-3-8(11)5-7(9)6-12;1-2/h3-5,10H,1-2H3;1-2H3. The van der Waals surface area contributed by atoms with E-state index in [9.17, 15) is 0 Å². The Balaban J connectivity index is 0.00000106. The molecule has 0 unspecified atom stereocenters. The summed E-state index contributed by atoms with van der Waals surface area (Å²) in [5.74, 6) is 0. The summed E-state index contributed by atoms with van der Waals surface area (Å²) >= 11 is 5.75. The predicted octanol–water partition coefficient (Wildman–Crippen LogP) is 3.53. The van der Waals surface area contributed by atoms with Crippen molar-refractivity contribution >= 4 is 11.6 Å². The quantitative estimate of drug-likeness (QED) is 0.761. The largest absolute Gasteiger partial charge is 0.352 e. The molecule has 4 heteroatoms. The number of benzene rings is 1. The van der Waals surface area contributed by atoms with Gasteiger partial charge in [0, 0.05) is 24.8 Å². The molecule has 0 saturated carbocycles. The first kappa shape index (κ1) is 14.9. The first-order valence-corrected chi connectivity index (χ1v) is 5.36. The van der Waals surface area contributed by atoms with Crippen molar-refractivity contribution in [3.63, 3.8) is 0 Å². The Morgan fingerprint density at radius 2 is 1.81 bits per heavy atom. The van der Waals surface area contributed by atoms with E-state index in [1.165, 1.54) is 14.2 Å². The van der Waals surface area contributed by atoms with Gasteiger partial charge in [-0.2, -0.15) is 5.26 Å². The minimum atomic E-state index is -0.526. The second-order valence-electron chi connectivity index (χ2n) is 2.65. The summed E-state index contributed by atoms with van der Waals surface area (Å²) in [4.78, 5) is 0. The van der Waals surface area contributed by atoms with Gasteiger partial charge in [-0.3, -0.25) is 0 Å². The molecule has 0 heterocycles. The van der Waals surface area contributed by atoms with Crippen molar-refractivity contribution in [3.8, 4) is 6.07 Å². The van der Waals surface area contributed by atoms with Gasteiger partial charge >= 0.3 is 0 Å². The van der Waals surface area contributed by atoms with Crippen LogP contribution in [0.4, 0.5) is 0 Å². The highest BCUT2D eigenvalue weighted by atomic mass is 35.5. The van der Waals surface area contributed by atoms with Crippen LogP contribution in [-0.4, -0.2) is 14.2 Å². The summed E-state index contributed by atoms with van der Waals surface area (Å²) in [6.07, 6.45) is -0.526. The first-order chi connectivity index (χ1) is 7.72. The molecular weight excluding hydrogens is 226 g/mol. The van der Waals surface area contributed by atoms with Crippen molar-refractivity contribution in [2.45, 2.75) is 20.1 Å². The maximum Gasteiger partial charge on any atom is 0.184 e. The zero-order chi connectivity index (χ0) is 12.6. The molecule has 3 nitrogen and oxygen atoms in total. The summed E-state index contributed by atoms with van der Waals surface area (Å²) in [5.41, 5.74) is 1.15. The van der Waals surface area contributed by atoms with E-state index < -0.39 is 6.29 Å². The lowest BCUT2D eigenvalue weighted by molar-refractivity contribution is -0.106. The first-order valence-electron chi connectivity index (χ1n) is 4.98. The topological polar surface area (TPSA) is 42.2 Å². The van der Waals surface area contributed by atoms with E-state index in [2.05, 4.69) is 0 Å². The lowest BCUT2D eigenvalue weighted by Crippen LogP contribution is -2.05. The molecule has 0 aromatic heterocycles. The van der Waals surface area contributed by atoms with Gasteiger partial charge in [0.2, 0.25) is 0 Å². The molecule has 1 aromatic rings. The van der Waals surface area contributed by atoms with Crippen molar-refractivity contribution in [2.24, 2.45) is 0 Å². The van der Waals surface area contributed by atoms with Gasteiger partial charge in [0.05, 0.1) is 11.6 Å². The van der Waals surface area contributed by atoms with Gasteiger partial charge in [0.25, 0.3) is 0 Å². The average molecular weight is 242 g/mol. The zero-order valence-corrected chi connectivity index (χ0v) is 10.7. The average Bonchev–Trinajstić information content (AvgIpc) is 2.34. The Morgan fingerprint density at radius 3 is 2.25 bits per heavy atom. The summed E-state index contributed by atoms with van der Waals surface area (Å²) in [7, 11) is 3.04. The lowest BCUT2D eigenvalue weighted by Gasteiger charge is -2.14. The Hall–Kier alpha value is -1.08. The number of nitrogens with zero attached hydrogens (tertiary/aromatic N) is 1. The molecule has 0 radical (unpaired) electrons. The molecule has 88 valence electrons. The molecule has 0 N–H and O–H groups in total. The number of ether oxygens (including phenoxy) is 2. The molecule has 16 heavy (non-hydrogen) atoms. The molecule has 1 rings (SSSR count). The summed E-state index contributed by atoms with van der Waals surface area (Å²) < 4.78 is 10.1. The summed E-state index contributed by atoms with van der Waals surface area (Å²) in [6.45, 7) is 4.00. The zero-order valence-electron chi connectivity index (χ0n) is 9.95. The van der Waals surface area contributed by atoms with Crippen LogP contribution in [-0.2, 0) is 9.47 Å². The number of methoxy groups -OCH3 is 2. The van der Waals surface area contributed by atoms with E-state index in [1.54, 1.807) is 18.2 Å². The van der Waals surface area contributed by atoms with Crippen molar-refractivity contribution in [2.75, 3.05) is 14.2 Å². The van der Waals surface area contributed by atoms with E-state index >= 15 is 0 Å². The minimum Gasteiger partial charge on any atom is -0.352 e. The molecule has 0 amide bonds. The number of halogens is 1. The molecular formula is C12H16ClNO2. The SMILES string of the molecule is CC.COC(OC)c1ccc(Cl)cc1C#N. The summed E-state index contributed by atoms with van der Waals surface area (Å²) in [5, 5.41) is 9.39. The Morgan fingerprint density at radius 1 is 1.25 bits per heavy atom. The van der Waals surface area contributed by atoms with Crippen LogP contribution in [0.2, 0.25) is 5.02 Å². The maximum atomic E-state index is 8.86. The second-order valence-corrected chi connectivity index (χ2v) is 3.08. The molecule has 1 aromatic carbocycles. The number of hydrogen-bond acceptors (Lipinski definition) is 3. The van der Waals surface area contributed by atoms with E-state index in [0.717, 1.165) is 0 Å². The van der Waals surface area contributed by atoms with Crippen molar-refractivity contribution in [3.05, 3.63) is 34.3 Å². The lowest BCUT2D eigenvalue weighted by atomic mass is 10.1. The van der Waals surface area contributed by atoms with Crippen LogP contribution in [0.3, 0.4) is 0 Å². The normalized spacial score (nSPS) is 9.31. The summed E-state index contributed by atoms with van der Waals surface area (Å²) in [6, 6.07) is 7.04. The van der Waals surface area contributed by atoms with Gasteiger partial charge in [-0.25, -0.2) is 0 Å². The molecule has 0 spiro atoms. The van der Waals surface area contributed by atoms with Crippen LogP contribution in [0.1, 0.15) is 31.3 Å². The van der Waals surface area contributed by atoms with E-state index in [0.29, 0.717) is 16.1 Å². The third kappa shape index (κ3) is 3.82. The molecule has 0 fully saturated rings. The van der Waals surface area contributed by atoms with Crippen molar-refractivity contribution in [1.29, 1.82) is 5.26 Å². The Kier molecular flexibility index (Phi) is 7.57. The van der Waals surface area contributed by atoms with E-state index in [4.69, 9.17) is 26.3 Å². The van der Waals surface area contributed by atoms with Crippen LogP contribution in [0, 0.1) is 11.3 Å². The number of rotatable bonds is 3. The number of nitriles is 1. The Bertz CT molecular complexity index is 357. The third-order valence-corrected chi connectivity index (χ3v) is 2.05. The fraction of sp³-hybridized carbons (Fsp3) is 0.417. The number of hydrogen-bond donors (Lipinski definition) is 0. The minimum absolute atomic E-state index is 0.464. The van der Waals surface area contributed by atoms with Gasteiger partial charge < -0.3 is 9.47 Å². The van der Waals surface area contributed by atoms with Crippen LogP contribution in [0.25, 0.3) is 0 Å². The molecule has 0 atom stereocenters. The van der Waals surface area contributed by atoms with Crippen LogP contribution < -0.4 is 0 Å². The van der Waals surface area contributed by atoms with Gasteiger partial charge in [-0.15, -0.1) is 0 Å². The second kappa shape index (κ2) is 8.12. The highest BCUT2D eigenvalue weighted by Gasteiger charge is 2.13. The monoisotopic (exact) mass is 241 g/mol. The molecule has 0 aliphatic rings. The highest BCUT2D eigenvalue weighted by molar-refractivity contribution is 6.30. The van der Waals surface area contributed by atoms with E-state index in [1.807, 2.05) is 19.9 Å². The molecule has 0 aliphatic heterocycles. The van der Waals surface area contributed by atoms with Gasteiger partial charge in [-0.05, 0) is 12.1 Å². The van der Waals surface area contributed by atoms with E-state index in [-0.39, 0.29) is 0 Å². The molecule has 0 saturated heterocycles. The van der Waals surface area contributed by atoms with Gasteiger partial charge in [0.15, 0.2) is 6.29 Å². The van der Waals surface area contributed by atoms with Gasteiger partial charge in [-0.1, -0.05) is 31.5 Å². The van der Waals surface area contributed by atoms with Crippen molar-refractivity contribution < 1.29 is 9.47 Å².